The summed E-state index contributed by atoms with van der Waals surface area (Å²) in [6.45, 7) is 0.836. The van der Waals surface area contributed by atoms with Crippen molar-refractivity contribution in [2.75, 3.05) is 12.4 Å². The van der Waals surface area contributed by atoms with Gasteiger partial charge >= 0.3 is 0 Å². The summed E-state index contributed by atoms with van der Waals surface area (Å²) in [4.78, 5) is 13.2. The van der Waals surface area contributed by atoms with Gasteiger partial charge in [0.25, 0.3) is 5.56 Å². The molecule has 2 aromatic heterocycles. The van der Waals surface area contributed by atoms with Crippen molar-refractivity contribution in [2.45, 2.75) is 30.5 Å². The van der Waals surface area contributed by atoms with Crippen LogP contribution in [0.4, 0.5) is 0 Å². The quantitative estimate of drug-likeness (QED) is 0.496. The van der Waals surface area contributed by atoms with Gasteiger partial charge in [-0.2, -0.15) is 0 Å². The lowest BCUT2D eigenvalue weighted by Crippen LogP contribution is -2.22. The van der Waals surface area contributed by atoms with Gasteiger partial charge in [0.2, 0.25) is 5.78 Å². The molecule has 0 bridgehead atoms. The summed E-state index contributed by atoms with van der Waals surface area (Å²) in [6.07, 6.45) is 3.68. The first-order valence-corrected chi connectivity index (χ1v) is 10.5. The van der Waals surface area contributed by atoms with E-state index in [4.69, 9.17) is 4.74 Å². The fourth-order valence-electron chi connectivity index (χ4n) is 3.69. The molecule has 1 atom stereocenters. The molecule has 0 N–H and O–H groups in total. The summed E-state index contributed by atoms with van der Waals surface area (Å²) in [5.41, 5.74) is 1.52. The van der Waals surface area contributed by atoms with Crippen LogP contribution >= 0.6 is 11.8 Å². The number of thioether (sulfide) groups is 1. The number of ether oxygens (including phenoxy) is 1. The van der Waals surface area contributed by atoms with Crippen LogP contribution in [0.1, 0.15) is 19.3 Å². The highest BCUT2D eigenvalue weighted by Gasteiger charge is 2.20. The first kappa shape index (κ1) is 17.5. The van der Waals surface area contributed by atoms with Crippen LogP contribution in [0.5, 0.6) is 0 Å². The second-order valence-corrected chi connectivity index (χ2v) is 7.90. The van der Waals surface area contributed by atoms with Crippen LogP contribution in [0.25, 0.3) is 22.4 Å². The zero-order valence-corrected chi connectivity index (χ0v) is 16.1. The van der Waals surface area contributed by atoms with Gasteiger partial charge in [-0.3, -0.25) is 9.20 Å². The molecule has 142 valence electrons. The zero-order valence-electron chi connectivity index (χ0n) is 15.3. The molecule has 7 heteroatoms. The Morgan fingerprint density at radius 3 is 2.68 bits per heavy atom. The first-order chi connectivity index (χ1) is 13.8. The number of hydrogen-bond acceptors (Lipinski definition) is 5. The molecule has 0 spiro atoms. The van der Waals surface area contributed by atoms with Crippen molar-refractivity contribution in [3.63, 3.8) is 0 Å². The van der Waals surface area contributed by atoms with Gasteiger partial charge in [-0.25, -0.2) is 4.57 Å². The monoisotopic (exact) mass is 392 g/mol. The van der Waals surface area contributed by atoms with Crippen LogP contribution in [0.3, 0.4) is 0 Å². The van der Waals surface area contributed by atoms with E-state index in [2.05, 4.69) is 10.2 Å². The Morgan fingerprint density at radius 1 is 1.04 bits per heavy atom. The highest BCUT2D eigenvalue weighted by molar-refractivity contribution is 7.99. The van der Waals surface area contributed by atoms with Gasteiger partial charge in [-0.1, -0.05) is 42.1 Å². The molecule has 1 aliphatic rings. The number of rotatable bonds is 4. The lowest BCUT2D eigenvalue weighted by atomic mass is 10.1. The maximum atomic E-state index is 13.2. The minimum Gasteiger partial charge on any atom is -0.377 e. The van der Waals surface area contributed by atoms with E-state index in [1.54, 1.807) is 16.3 Å². The third-order valence-corrected chi connectivity index (χ3v) is 6.14. The fraction of sp³-hybridized carbons (Fsp3) is 0.286. The Bertz CT molecular complexity index is 1180. The Kier molecular flexibility index (Phi) is 4.62. The third kappa shape index (κ3) is 3.00. The molecule has 0 aliphatic carbocycles. The topological polar surface area (TPSA) is 61.4 Å². The standard InChI is InChI=1S/C21H20N4O2S/c26-19-17-11-4-5-12-18(17)25-20(24(19)15-8-2-1-3-9-15)22-23-21(25)28-14-16-10-6-7-13-27-16/h1-5,8-9,11-12,16H,6-7,10,13-14H2. The highest BCUT2D eigenvalue weighted by atomic mass is 32.2. The maximum absolute atomic E-state index is 13.2. The SMILES string of the molecule is O=c1c2ccccc2n2c(SCC3CCCCO3)nnc2n1-c1ccccc1. The smallest absolute Gasteiger partial charge is 0.267 e. The van der Waals surface area contributed by atoms with Crippen LogP contribution in [-0.2, 0) is 4.74 Å². The molecule has 4 aromatic rings. The summed E-state index contributed by atoms with van der Waals surface area (Å²) in [7, 11) is 0. The number of nitrogens with zero attached hydrogens (tertiary/aromatic N) is 4. The van der Waals surface area contributed by atoms with Gasteiger partial charge in [0.05, 0.1) is 22.7 Å². The predicted octanol–water partition coefficient (Wildman–Crippen LogP) is 3.69. The molecule has 1 unspecified atom stereocenters. The molecule has 1 saturated heterocycles. The van der Waals surface area contributed by atoms with Crippen molar-refractivity contribution in [3.8, 4) is 5.69 Å². The van der Waals surface area contributed by atoms with E-state index in [9.17, 15) is 4.79 Å². The van der Waals surface area contributed by atoms with Gasteiger partial charge in [0.1, 0.15) is 0 Å². The highest BCUT2D eigenvalue weighted by Crippen LogP contribution is 2.26. The van der Waals surface area contributed by atoms with Gasteiger partial charge in [-0.05, 0) is 43.5 Å². The second-order valence-electron chi connectivity index (χ2n) is 6.91. The Labute approximate surface area is 166 Å². The number of benzene rings is 2. The van der Waals surface area contributed by atoms with Crippen LogP contribution in [0.15, 0.2) is 64.5 Å². The summed E-state index contributed by atoms with van der Waals surface area (Å²) in [5, 5.41) is 10.2. The molecule has 6 nitrogen and oxygen atoms in total. The minimum atomic E-state index is -0.0890. The number of aromatic nitrogens is 4. The van der Waals surface area contributed by atoms with Crippen LogP contribution in [0, 0.1) is 0 Å². The van der Waals surface area contributed by atoms with Crippen LogP contribution < -0.4 is 5.56 Å². The Balaban J connectivity index is 1.67. The normalized spacial score (nSPS) is 17.4. The van der Waals surface area contributed by atoms with Gasteiger partial charge in [0.15, 0.2) is 5.16 Å². The molecular formula is C21H20N4O2S. The van der Waals surface area contributed by atoms with E-state index in [1.807, 2.05) is 59.0 Å². The fourth-order valence-corrected chi connectivity index (χ4v) is 4.69. The lowest BCUT2D eigenvalue weighted by Gasteiger charge is -2.21. The lowest BCUT2D eigenvalue weighted by molar-refractivity contribution is 0.0315. The van der Waals surface area contributed by atoms with E-state index in [0.29, 0.717) is 11.2 Å². The van der Waals surface area contributed by atoms with Crippen molar-refractivity contribution < 1.29 is 4.74 Å². The van der Waals surface area contributed by atoms with Crippen molar-refractivity contribution in [1.29, 1.82) is 0 Å². The molecule has 0 amide bonds. The molecule has 3 heterocycles. The molecule has 28 heavy (non-hydrogen) atoms. The van der Waals surface area contributed by atoms with Gasteiger partial charge < -0.3 is 4.74 Å². The summed E-state index contributed by atoms with van der Waals surface area (Å²) in [6, 6.07) is 17.2. The second kappa shape index (κ2) is 7.41. The average Bonchev–Trinajstić information content (AvgIpc) is 3.18. The average molecular weight is 392 g/mol. The van der Waals surface area contributed by atoms with Crippen molar-refractivity contribution in [3.05, 3.63) is 65.0 Å². The van der Waals surface area contributed by atoms with Crippen molar-refractivity contribution >= 4 is 28.4 Å². The van der Waals surface area contributed by atoms with Crippen LogP contribution in [0.2, 0.25) is 0 Å². The molecular weight excluding hydrogens is 372 g/mol. The molecule has 5 rings (SSSR count). The number of para-hydroxylation sites is 2. The van der Waals surface area contributed by atoms with E-state index in [1.165, 1.54) is 6.42 Å². The van der Waals surface area contributed by atoms with E-state index < -0.39 is 0 Å². The van der Waals surface area contributed by atoms with Crippen LogP contribution in [-0.4, -0.2) is 37.6 Å². The molecule has 0 saturated carbocycles. The molecule has 2 aromatic carbocycles. The molecule has 1 fully saturated rings. The van der Waals surface area contributed by atoms with Crippen molar-refractivity contribution in [2.24, 2.45) is 0 Å². The maximum Gasteiger partial charge on any atom is 0.267 e. The first-order valence-electron chi connectivity index (χ1n) is 9.51. The molecule has 0 radical (unpaired) electrons. The minimum absolute atomic E-state index is 0.0890. The summed E-state index contributed by atoms with van der Waals surface area (Å²) < 4.78 is 9.47. The largest absolute Gasteiger partial charge is 0.377 e. The van der Waals surface area contributed by atoms with Gasteiger partial charge in [0, 0.05) is 12.4 Å². The Hall–Kier alpha value is -2.64. The summed E-state index contributed by atoms with van der Waals surface area (Å²) >= 11 is 1.64. The van der Waals surface area contributed by atoms with Crippen molar-refractivity contribution in [1.82, 2.24) is 19.2 Å². The van der Waals surface area contributed by atoms with Gasteiger partial charge in [-0.15, -0.1) is 10.2 Å². The van der Waals surface area contributed by atoms with E-state index in [-0.39, 0.29) is 11.7 Å². The number of fused-ring (bicyclic) bond motifs is 3. The van der Waals surface area contributed by atoms with E-state index >= 15 is 0 Å². The Morgan fingerprint density at radius 2 is 1.86 bits per heavy atom. The third-order valence-electron chi connectivity index (χ3n) is 5.08. The summed E-state index contributed by atoms with van der Waals surface area (Å²) in [5.74, 6) is 1.36. The molecule has 1 aliphatic heterocycles. The zero-order chi connectivity index (χ0) is 18.9. The van der Waals surface area contributed by atoms with E-state index in [0.717, 1.165) is 41.6 Å². The number of hydrogen-bond donors (Lipinski definition) is 0. The predicted molar refractivity (Wildman–Crippen MR) is 110 cm³/mol.